The molecule has 0 amide bonds. The van der Waals surface area contributed by atoms with E-state index in [-0.39, 0.29) is 17.6 Å². The Morgan fingerprint density at radius 1 is 1.04 bits per heavy atom. The Hall–Kier alpha value is -2.83. The van der Waals surface area contributed by atoms with E-state index in [9.17, 15) is 10.1 Å². The fraction of sp³-hybridized carbons (Fsp3) is 0.217. The maximum atomic E-state index is 13.2. The number of hydrogen-bond acceptors (Lipinski definition) is 3. The molecule has 1 aliphatic carbocycles. The average Bonchev–Trinajstić information content (AvgIpc) is 2.68. The van der Waals surface area contributed by atoms with Gasteiger partial charge in [-0.2, -0.15) is 5.26 Å². The molecule has 2 aromatic rings. The van der Waals surface area contributed by atoms with Crippen molar-refractivity contribution in [3.63, 3.8) is 0 Å². The molecule has 4 heteroatoms. The molecule has 0 aromatic heterocycles. The van der Waals surface area contributed by atoms with E-state index in [0.29, 0.717) is 17.0 Å². The molecule has 27 heavy (non-hydrogen) atoms. The highest BCUT2D eigenvalue weighted by molar-refractivity contribution is 6.30. The van der Waals surface area contributed by atoms with Gasteiger partial charge in [-0.25, -0.2) is 0 Å². The lowest BCUT2D eigenvalue weighted by atomic mass is 9.72. The summed E-state index contributed by atoms with van der Waals surface area (Å²) in [5, 5.41) is 13.7. The van der Waals surface area contributed by atoms with Crippen molar-refractivity contribution in [3.05, 3.63) is 93.3 Å². The first-order valence-corrected chi connectivity index (χ1v) is 9.41. The number of carbonyl (C=O) groups is 1. The molecule has 0 saturated carbocycles. The van der Waals surface area contributed by atoms with Crippen LogP contribution in [0.2, 0.25) is 5.02 Å². The third-order valence-corrected chi connectivity index (χ3v) is 5.67. The van der Waals surface area contributed by atoms with Gasteiger partial charge in [-0.3, -0.25) is 4.79 Å². The topological polar surface area (TPSA) is 52.9 Å². The van der Waals surface area contributed by atoms with Crippen molar-refractivity contribution in [2.75, 3.05) is 0 Å². The van der Waals surface area contributed by atoms with Crippen molar-refractivity contribution in [2.45, 2.75) is 31.6 Å². The van der Waals surface area contributed by atoms with Crippen LogP contribution in [0.25, 0.3) is 0 Å². The molecule has 0 saturated heterocycles. The highest BCUT2D eigenvalue weighted by atomic mass is 35.5. The molecule has 2 aliphatic rings. The number of Topliss-reactive ketones (excluding diaryl/α,β-unsaturated/α-hetero) is 1. The lowest BCUT2D eigenvalue weighted by Crippen LogP contribution is -2.33. The lowest BCUT2D eigenvalue weighted by Gasteiger charge is -2.35. The Morgan fingerprint density at radius 3 is 2.41 bits per heavy atom. The van der Waals surface area contributed by atoms with Crippen LogP contribution in [0.1, 0.15) is 42.7 Å². The van der Waals surface area contributed by atoms with E-state index in [2.05, 4.69) is 23.5 Å². The van der Waals surface area contributed by atoms with Crippen molar-refractivity contribution in [1.82, 2.24) is 5.32 Å². The van der Waals surface area contributed by atoms with Crippen LogP contribution >= 0.6 is 11.6 Å². The second-order valence-corrected chi connectivity index (χ2v) is 7.53. The zero-order chi connectivity index (χ0) is 19.0. The van der Waals surface area contributed by atoms with Gasteiger partial charge < -0.3 is 5.32 Å². The molecule has 0 bridgehead atoms. The van der Waals surface area contributed by atoms with Gasteiger partial charge in [-0.05, 0) is 42.5 Å². The minimum absolute atomic E-state index is 0.109. The summed E-state index contributed by atoms with van der Waals surface area (Å²) in [6, 6.07) is 19.9. The zero-order valence-corrected chi connectivity index (χ0v) is 15.8. The molecule has 2 atom stereocenters. The van der Waals surface area contributed by atoms with Crippen LogP contribution in [0, 0.1) is 11.3 Å². The minimum Gasteiger partial charge on any atom is -0.361 e. The number of nitrogens with one attached hydrogen (secondary N) is 1. The largest absolute Gasteiger partial charge is 0.361 e. The fourth-order valence-corrected chi connectivity index (χ4v) is 4.26. The predicted molar refractivity (Wildman–Crippen MR) is 106 cm³/mol. The van der Waals surface area contributed by atoms with Crippen molar-refractivity contribution >= 4 is 17.4 Å². The van der Waals surface area contributed by atoms with E-state index in [1.807, 2.05) is 49.4 Å². The molecule has 0 spiro atoms. The van der Waals surface area contributed by atoms with Crippen molar-refractivity contribution in [3.8, 4) is 6.07 Å². The number of ketones is 1. The summed E-state index contributed by atoms with van der Waals surface area (Å²) in [4.78, 5) is 13.2. The minimum atomic E-state index is -0.326. The van der Waals surface area contributed by atoms with Gasteiger partial charge in [0.2, 0.25) is 0 Å². The van der Waals surface area contributed by atoms with Crippen LogP contribution < -0.4 is 5.32 Å². The van der Waals surface area contributed by atoms with Gasteiger partial charge in [-0.1, -0.05) is 54.1 Å². The third kappa shape index (κ3) is 3.18. The first-order chi connectivity index (χ1) is 13.1. The zero-order valence-electron chi connectivity index (χ0n) is 15.0. The maximum absolute atomic E-state index is 13.2. The molecule has 0 radical (unpaired) electrons. The first kappa shape index (κ1) is 17.6. The second-order valence-electron chi connectivity index (χ2n) is 7.09. The monoisotopic (exact) mass is 374 g/mol. The molecular weight excluding hydrogens is 356 g/mol. The van der Waals surface area contributed by atoms with Gasteiger partial charge in [0.25, 0.3) is 0 Å². The van der Waals surface area contributed by atoms with Crippen LogP contribution in [0.5, 0.6) is 0 Å². The quantitative estimate of drug-likeness (QED) is 0.783. The molecule has 0 unspecified atom stereocenters. The molecular formula is C23H19ClN2O. The summed E-state index contributed by atoms with van der Waals surface area (Å²) in [7, 11) is 0. The average molecular weight is 375 g/mol. The highest BCUT2D eigenvalue weighted by Crippen LogP contribution is 2.45. The van der Waals surface area contributed by atoms with E-state index in [4.69, 9.17) is 11.6 Å². The highest BCUT2D eigenvalue weighted by Gasteiger charge is 2.38. The molecule has 0 fully saturated rings. The number of carbonyl (C=O) groups excluding carboxylic acids is 1. The number of nitriles is 1. The standard InChI is InChI=1S/C23H19ClN2O/c1-14-19(13-25)22(16-7-9-18(24)10-8-16)23-20(26-14)11-17(12-21(23)27)15-5-3-2-4-6-15/h2-10,17,22,26H,11-12H2,1H3/t17-,22+/m0/s1. The van der Waals surface area contributed by atoms with Crippen LogP contribution in [0.4, 0.5) is 0 Å². The van der Waals surface area contributed by atoms with Crippen LogP contribution in [0.3, 0.4) is 0 Å². The fourth-order valence-electron chi connectivity index (χ4n) is 4.14. The van der Waals surface area contributed by atoms with E-state index in [1.165, 1.54) is 5.56 Å². The number of benzene rings is 2. The molecule has 3 nitrogen and oxygen atoms in total. The van der Waals surface area contributed by atoms with Gasteiger partial charge in [0.15, 0.2) is 5.78 Å². The molecule has 134 valence electrons. The van der Waals surface area contributed by atoms with E-state index >= 15 is 0 Å². The summed E-state index contributed by atoms with van der Waals surface area (Å²) in [6.07, 6.45) is 1.23. The Morgan fingerprint density at radius 2 is 1.74 bits per heavy atom. The SMILES string of the molecule is CC1=C(C#N)[C@@H](c2ccc(Cl)cc2)C2=C(C[C@H](c3ccccc3)CC2=O)N1. The molecule has 4 rings (SSSR count). The van der Waals surface area contributed by atoms with Crippen LogP contribution in [0.15, 0.2) is 77.1 Å². The number of rotatable bonds is 2. The maximum Gasteiger partial charge on any atom is 0.162 e. The summed E-state index contributed by atoms with van der Waals surface area (Å²) < 4.78 is 0. The van der Waals surface area contributed by atoms with Crippen LogP contribution in [-0.2, 0) is 4.79 Å². The van der Waals surface area contributed by atoms with E-state index in [1.54, 1.807) is 0 Å². The van der Waals surface area contributed by atoms with E-state index in [0.717, 1.165) is 29.0 Å². The Kier molecular flexibility index (Phi) is 4.59. The van der Waals surface area contributed by atoms with Gasteiger partial charge >= 0.3 is 0 Å². The van der Waals surface area contributed by atoms with Gasteiger partial charge in [0.1, 0.15) is 0 Å². The predicted octanol–water partition coefficient (Wildman–Crippen LogP) is 5.23. The van der Waals surface area contributed by atoms with Crippen LogP contribution in [-0.4, -0.2) is 5.78 Å². The second kappa shape index (κ2) is 7.06. The lowest BCUT2D eigenvalue weighted by molar-refractivity contribution is -0.116. The molecule has 1 N–H and O–H groups in total. The normalized spacial score (nSPS) is 22.2. The Balaban J connectivity index is 1.79. The first-order valence-electron chi connectivity index (χ1n) is 9.03. The smallest absolute Gasteiger partial charge is 0.162 e. The number of allylic oxidation sites excluding steroid dienone is 4. The summed E-state index contributed by atoms with van der Waals surface area (Å²) in [5.41, 5.74) is 5.19. The van der Waals surface area contributed by atoms with Crippen molar-refractivity contribution in [1.29, 1.82) is 5.26 Å². The van der Waals surface area contributed by atoms with Gasteiger partial charge in [0.05, 0.1) is 17.6 Å². The van der Waals surface area contributed by atoms with Crippen molar-refractivity contribution in [2.24, 2.45) is 0 Å². The van der Waals surface area contributed by atoms with Gasteiger partial charge in [-0.15, -0.1) is 0 Å². The molecule has 2 aromatic carbocycles. The number of hydrogen-bond donors (Lipinski definition) is 1. The molecule has 1 aliphatic heterocycles. The number of nitrogens with zero attached hydrogens (tertiary/aromatic N) is 1. The number of dihydropyridines is 1. The molecule has 1 heterocycles. The summed E-state index contributed by atoms with van der Waals surface area (Å²) >= 11 is 6.03. The summed E-state index contributed by atoms with van der Waals surface area (Å²) in [6.45, 7) is 1.90. The van der Waals surface area contributed by atoms with E-state index < -0.39 is 0 Å². The van der Waals surface area contributed by atoms with Crippen molar-refractivity contribution < 1.29 is 4.79 Å². The third-order valence-electron chi connectivity index (χ3n) is 5.42. The summed E-state index contributed by atoms with van der Waals surface area (Å²) in [5.74, 6) is -0.0576. The number of halogens is 1. The van der Waals surface area contributed by atoms with Gasteiger partial charge in [0, 0.05) is 28.4 Å². The Bertz CT molecular complexity index is 997. The Labute approximate surface area is 164 Å².